The van der Waals surface area contributed by atoms with E-state index >= 15 is 0 Å². The van der Waals surface area contributed by atoms with Crippen molar-refractivity contribution in [1.29, 1.82) is 0 Å². The topological polar surface area (TPSA) is 34.1 Å². The molecule has 0 aromatic rings. The summed E-state index contributed by atoms with van der Waals surface area (Å²) in [4.78, 5) is 24.7. The summed E-state index contributed by atoms with van der Waals surface area (Å²) < 4.78 is 0. The summed E-state index contributed by atoms with van der Waals surface area (Å²) in [5.74, 6) is 0.717. The van der Waals surface area contributed by atoms with Crippen LogP contribution in [0.4, 0.5) is 0 Å². The molecule has 2 aliphatic rings. The SMILES string of the molecule is C[Si](C)(C1=CCCCC1=O)[Si](C)(C)C1=CCCCC1=O. The van der Waals surface area contributed by atoms with Crippen LogP contribution in [0.25, 0.3) is 0 Å². The van der Waals surface area contributed by atoms with Gasteiger partial charge in [-0.1, -0.05) is 38.3 Å². The molecule has 0 atom stereocenters. The van der Waals surface area contributed by atoms with Crippen molar-refractivity contribution in [3.05, 3.63) is 22.5 Å². The van der Waals surface area contributed by atoms with E-state index in [2.05, 4.69) is 38.3 Å². The summed E-state index contributed by atoms with van der Waals surface area (Å²) in [6.45, 7) is 9.27. The van der Waals surface area contributed by atoms with Gasteiger partial charge < -0.3 is 0 Å². The number of Topliss-reactive ketones (excluding diaryl/α,β-unsaturated/α-hetero) is 2. The van der Waals surface area contributed by atoms with E-state index in [1.807, 2.05) is 0 Å². The molecule has 4 heteroatoms. The third kappa shape index (κ3) is 2.55. The summed E-state index contributed by atoms with van der Waals surface area (Å²) in [6.07, 6.45) is 9.87. The van der Waals surface area contributed by atoms with Gasteiger partial charge in [-0.3, -0.25) is 9.59 Å². The van der Waals surface area contributed by atoms with Gasteiger partial charge >= 0.3 is 0 Å². The molecule has 0 N–H and O–H groups in total. The van der Waals surface area contributed by atoms with Crippen molar-refractivity contribution in [3.63, 3.8) is 0 Å². The molecule has 0 amide bonds. The van der Waals surface area contributed by atoms with Gasteiger partial charge in [0.05, 0.1) is 15.2 Å². The molecule has 2 nitrogen and oxygen atoms in total. The average Bonchev–Trinajstić information content (AvgIpc) is 2.39. The lowest BCUT2D eigenvalue weighted by atomic mass is 10.1. The van der Waals surface area contributed by atoms with Crippen molar-refractivity contribution in [2.45, 2.75) is 64.7 Å². The Labute approximate surface area is 124 Å². The van der Waals surface area contributed by atoms with Crippen LogP contribution in [0.5, 0.6) is 0 Å². The highest BCUT2D eigenvalue weighted by Crippen LogP contribution is 2.37. The molecule has 0 fully saturated rings. The molecule has 0 saturated carbocycles. The maximum absolute atomic E-state index is 12.3. The molecule has 0 radical (unpaired) electrons. The third-order valence-corrected chi connectivity index (χ3v) is 23.2. The Morgan fingerprint density at radius 3 is 1.40 bits per heavy atom. The van der Waals surface area contributed by atoms with Crippen LogP contribution in [0.1, 0.15) is 38.5 Å². The molecule has 0 saturated heterocycles. The first-order chi connectivity index (χ1) is 9.28. The fraction of sp³-hybridized carbons (Fsp3) is 0.625. The Morgan fingerprint density at radius 2 is 1.10 bits per heavy atom. The first-order valence-corrected chi connectivity index (χ1v) is 14.8. The van der Waals surface area contributed by atoms with E-state index in [1.165, 1.54) is 0 Å². The molecule has 0 aromatic heterocycles. The van der Waals surface area contributed by atoms with Gasteiger partial charge in [-0.2, -0.15) is 0 Å². The Morgan fingerprint density at radius 1 is 0.750 bits per heavy atom. The molecule has 0 aromatic carbocycles. The molecule has 0 heterocycles. The molecule has 0 spiro atoms. The van der Waals surface area contributed by atoms with Crippen molar-refractivity contribution in [1.82, 2.24) is 0 Å². The van der Waals surface area contributed by atoms with Gasteiger partial charge in [0.2, 0.25) is 0 Å². The number of ketones is 2. The van der Waals surface area contributed by atoms with E-state index in [1.54, 1.807) is 0 Å². The molecular formula is C16H26O2Si2. The minimum absolute atomic E-state index is 0.359. The molecule has 110 valence electrons. The van der Waals surface area contributed by atoms with E-state index < -0.39 is 15.2 Å². The van der Waals surface area contributed by atoms with Crippen LogP contribution < -0.4 is 0 Å². The van der Waals surface area contributed by atoms with E-state index in [9.17, 15) is 9.59 Å². The summed E-state index contributed by atoms with van der Waals surface area (Å²) in [5.41, 5.74) is 0. The summed E-state index contributed by atoms with van der Waals surface area (Å²) >= 11 is 0. The summed E-state index contributed by atoms with van der Waals surface area (Å²) in [5, 5.41) is 2.25. The summed E-state index contributed by atoms with van der Waals surface area (Å²) in [7, 11) is -3.72. The number of rotatable bonds is 3. The lowest BCUT2D eigenvalue weighted by Gasteiger charge is -2.42. The second kappa shape index (κ2) is 5.56. The van der Waals surface area contributed by atoms with Gasteiger partial charge in [-0.25, -0.2) is 0 Å². The molecule has 0 unspecified atom stereocenters. The van der Waals surface area contributed by atoms with Gasteiger partial charge in [0.25, 0.3) is 0 Å². The predicted octanol–water partition coefficient (Wildman–Crippen LogP) is 3.92. The average molecular weight is 307 g/mol. The maximum atomic E-state index is 12.3. The summed E-state index contributed by atoms with van der Waals surface area (Å²) in [6, 6.07) is 0. The van der Waals surface area contributed by atoms with Gasteiger partial charge in [-0.15, -0.1) is 0 Å². The number of carbonyl (C=O) groups is 2. The fourth-order valence-electron chi connectivity index (χ4n) is 3.40. The molecule has 2 rings (SSSR count). The second-order valence-electron chi connectivity index (χ2n) is 7.12. The Balaban J connectivity index is 2.41. The number of carbonyl (C=O) groups excluding carboxylic acids is 2. The molecule has 0 bridgehead atoms. The van der Waals surface area contributed by atoms with Crippen molar-refractivity contribution in [2.24, 2.45) is 0 Å². The van der Waals surface area contributed by atoms with Crippen molar-refractivity contribution >= 4 is 26.7 Å². The number of hydrogen-bond donors (Lipinski definition) is 0. The Bertz CT molecular complexity index is 453. The maximum Gasteiger partial charge on any atom is 0.154 e. The number of allylic oxidation sites excluding steroid dienone is 4. The molecule has 0 aliphatic heterocycles. The lowest BCUT2D eigenvalue weighted by Crippen LogP contribution is -2.61. The highest BCUT2D eigenvalue weighted by molar-refractivity contribution is 7.47. The van der Waals surface area contributed by atoms with Gasteiger partial charge in [0.15, 0.2) is 11.6 Å². The van der Waals surface area contributed by atoms with Crippen LogP contribution in [0, 0.1) is 0 Å². The first-order valence-electron chi connectivity index (χ1n) is 7.76. The van der Waals surface area contributed by atoms with Crippen molar-refractivity contribution in [2.75, 3.05) is 0 Å². The van der Waals surface area contributed by atoms with Gasteiger partial charge in [-0.05, 0) is 36.1 Å². The zero-order chi connectivity index (χ0) is 15.0. The van der Waals surface area contributed by atoms with Crippen LogP contribution in [0.2, 0.25) is 26.2 Å². The van der Waals surface area contributed by atoms with E-state index in [0.717, 1.165) is 36.1 Å². The highest BCUT2D eigenvalue weighted by atomic mass is 29.3. The van der Waals surface area contributed by atoms with Gasteiger partial charge in [0, 0.05) is 12.8 Å². The highest BCUT2D eigenvalue weighted by Gasteiger charge is 2.49. The fourth-order valence-corrected chi connectivity index (χ4v) is 13.2. The minimum Gasteiger partial charge on any atom is -0.295 e. The zero-order valence-electron chi connectivity index (χ0n) is 13.2. The van der Waals surface area contributed by atoms with Crippen LogP contribution >= 0.6 is 0 Å². The van der Waals surface area contributed by atoms with Crippen molar-refractivity contribution < 1.29 is 9.59 Å². The van der Waals surface area contributed by atoms with Crippen molar-refractivity contribution in [3.8, 4) is 0 Å². The molecular weight excluding hydrogens is 280 g/mol. The van der Waals surface area contributed by atoms with Crippen LogP contribution in [0.15, 0.2) is 22.5 Å². The molecule has 20 heavy (non-hydrogen) atoms. The third-order valence-electron chi connectivity index (χ3n) is 5.42. The van der Waals surface area contributed by atoms with Gasteiger partial charge in [0.1, 0.15) is 0 Å². The standard InChI is InChI=1S/C16H26O2Si2/c1-19(2,15-11-7-5-9-13(15)17)20(3,4)16-12-8-6-10-14(16)18/h11-12H,5-10H2,1-4H3. The Kier molecular flexibility index (Phi) is 4.35. The quantitative estimate of drug-likeness (QED) is 0.741. The number of hydrogen-bond acceptors (Lipinski definition) is 2. The zero-order valence-corrected chi connectivity index (χ0v) is 15.2. The predicted molar refractivity (Wildman–Crippen MR) is 88.8 cm³/mol. The van der Waals surface area contributed by atoms with E-state index in [0.29, 0.717) is 24.4 Å². The Hall–Kier alpha value is -0.746. The van der Waals surface area contributed by atoms with E-state index in [4.69, 9.17) is 0 Å². The normalized spacial score (nSPS) is 21.6. The molecule has 2 aliphatic carbocycles. The second-order valence-corrected chi connectivity index (χ2v) is 22.2. The monoisotopic (exact) mass is 306 g/mol. The van der Waals surface area contributed by atoms with Crippen LogP contribution in [0.3, 0.4) is 0 Å². The smallest absolute Gasteiger partial charge is 0.154 e. The first kappa shape index (κ1) is 15.6. The van der Waals surface area contributed by atoms with E-state index in [-0.39, 0.29) is 0 Å². The lowest BCUT2D eigenvalue weighted by molar-refractivity contribution is -0.116. The minimum atomic E-state index is -1.86. The van der Waals surface area contributed by atoms with Crippen LogP contribution in [-0.2, 0) is 9.59 Å². The van der Waals surface area contributed by atoms with Crippen LogP contribution in [-0.4, -0.2) is 26.7 Å². The largest absolute Gasteiger partial charge is 0.295 e.